The first-order valence-electron chi connectivity index (χ1n) is 10.1. The van der Waals surface area contributed by atoms with Crippen molar-refractivity contribution in [1.82, 2.24) is 10.3 Å². The molecule has 3 aromatic rings. The van der Waals surface area contributed by atoms with E-state index in [0.29, 0.717) is 12.0 Å². The van der Waals surface area contributed by atoms with Crippen molar-refractivity contribution in [2.75, 3.05) is 31.1 Å². The fourth-order valence-electron chi connectivity index (χ4n) is 4.41. The number of aromatic nitrogens is 1. The van der Waals surface area contributed by atoms with Crippen LogP contribution in [-0.2, 0) is 6.42 Å². The second kappa shape index (κ2) is 7.58. The third-order valence-electron chi connectivity index (χ3n) is 5.99. The third-order valence-corrected chi connectivity index (χ3v) is 7.07. The molecule has 1 N–H and O–H groups in total. The number of nitrogens with one attached hydrogen (secondary N) is 1. The van der Waals surface area contributed by atoms with E-state index < -0.39 is 0 Å². The van der Waals surface area contributed by atoms with Gasteiger partial charge in [-0.3, -0.25) is 4.79 Å². The summed E-state index contributed by atoms with van der Waals surface area (Å²) in [5.74, 6) is 0.435. The average molecular weight is 403 g/mol. The van der Waals surface area contributed by atoms with E-state index in [0.717, 1.165) is 59.9 Å². The van der Waals surface area contributed by atoms with Crippen LogP contribution in [0, 0.1) is 11.3 Å². The van der Waals surface area contributed by atoms with E-state index in [-0.39, 0.29) is 11.7 Å². The SMILES string of the molecule is N#Cc1ccc2c(c1)CC[C@@H]2CC(=O)c1ccc2nc(N3CCNCC3)sc2c1. The molecule has 146 valence electrons. The molecule has 0 unspecified atom stereocenters. The van der Waals surface area contributed by atoms with Crippen molar-refractivity contribution in [2.45, 2.75) is 25.2 Å². The van der Waals surface area contributed by atoms with Gasteiger partial charge < -0.3 is 10.2 Å². The van der Waals surface area contributed by atoms with E-state index >= 15 is 0 Å². The minimum absolute atomic E-state index is 0.186. The number of hydrogen-bond acceptors (Lipinski definition) is 6. The van der Waals surface area contributed by atoms with Crippen LogP contribution in [0.4, 0.5) is 5.13 Å². The van der Waals surface area contributed by atoms with Gasteiger partial charge >= 0.3 is 0 Å². The fourth-order valence-corrected chi connectivity index (χ4v) is 5.46. The summed E-state index contributed by atoms with van der Waals surface area (Å²) in [6, 6.07) is 14.0. The zero-order valence-electron chi connectivity index (χ0n) is 16.1. The fraction of sp³-hybridized carbons (Fsp3) is 0.348. The summed E-state index contributed by atoms with van der Waals surface area (Å²) in [5, 5.41) is 13.5. The average Bonchev–Trinajstić information content (AvgIpc) is 3.37. The molecule has 0 radical (unpaired) electrons. The molecular formula is C23H22N4OS. The molecule has 1 fully saturated rings. The lowest BCUT2D eigenvalue weighted by atomic mass is 9.92. The van der Waals surface area contributed by atoms with Gasteiger partial charge in [0, 0.05) is 38.2 Å². The number of thiazole rings is 1. The van der Waals surface area contributed by atoms with Gasteiger partial charge in [-0.15, -0.1) is 0 Å². The van der Waals surface area contributed by atoms with Crippen molar-refractivity contribution in [3.63, 3.8) is 0 Å². The molecule has 1 aliphatic carbocycles. The lowest BCUT2D eigenvalue weighted by molar-refractivity contribution is 0.0973. The molecule has 5 nitrogen and oxygen atoms in total. The van der Waals surface area contributed by atoms with E-state index in [1.54, 1.807) is 11.3 Å². The van der Waals surface area contributed by atoms with Crippen LogP contribution in [-0.4, -0.2) is 36.9 Å². The number of Topliss-reactive ketones (excluding diaryl/α,β-unsaturated/α-hetero) is 1. The number of hydrogen-bond donors (Lipinski definition) is 1. The molecule has 1 saturated heterocycles. The summed E-state index contributed by atoms with van der Waals surface area (Å²) < 4.78 is 1.08. The molecule has 0 spiro atoms. The number of benzene rings is 2. The van der Waals surface area contributed by atoms with Crippen LogP contribution >= 0.6 is 11.3 Å². The standard InChI is InChI=1S/C23H22N4OS/c24-14-15-1-5-19-16(11-15)2-3-17(19)12-21(28)18-4-6-20-22(13-18)29-23(26-20)27-9-7-25-8-10-27/h1,4-6,11,13,17,25H,2-3,7-10,12H2/t17-/m1/s1. The van der Waals surface area contributed by atoms with Crippen LogP contribution in [0.3, 0.4) is 0 Å². The molecule has 6 heteroatoms. The first kappa shape index (κ1) is 18.3. The van der Waals surface area contributed by atoms with Crippen molar-refractivity contribution >= 4 is 32.5 Å². The molecule has 5 rings (SSSR count). The van der Waals surface area contributed by atoms with E-state index in [4.69, 9.17) is 10.2 Å². The number of carbonyl (C=O) groups excluding carboxylic acids is 1. The summed E-state index contributed by atoms with van der Waals surface area (Å²) in [4.78, 5) is 20.1. The van der Waals surface area contributed by atoms with Gasteiger partial charge in [-0.2, -0.15) is 5.26 Å². The van der Waals surface area contributed by atoms with Crippen LogP contribution in [0.2, 0.25) is 0 Å². The number of fused-ring (bicyclic) bond motifs is 2. The molecule has 1 atom stereocenters. The van der Waals surface area contributed by atoms with Gasteiger partial charge in [0.15, 0.2) is 10.9 Å². The molecule has 0 amide bonds. The highest BCUT2D eigenvalue weighted by atomic mass is 32.1. The molecule has 0 bridgehead atoms. The predicted molar refractivity (Wildman–Crippen MR) is 116 cm³/mol. The van der Waals surface area contributed by atoms with Crippen molar-refractivity contribution < 1.29 is 4.79 Å². The van der Waals surface area contributed by atoms with E-state index in [9.17, 15) is 4.79 Å². The van der Waals surface area contributed by atoms with Crippen LogP contribution in [0.1, 0.15) is 45.8 Å². The Hall–Kier alpha value is -2.75. The highest BCUT2D eigenvalue weighted by Gasteiger charge is 2.25. The largest absolute Gasteiger partial charge is 0.346 e. The highest BCUT2D eigenvalue weighted by molar-refractivity contribution is 7.22. The number of aryl methyl sites for hydroxylation is 1. The second-order valence-electron chi connectivity index (χ2n) is 7.80. The Morgan fingerprint density at radius 3 is 2.93 bits per heavy atom. The highest BCUT2D eigenvalue weighted by Crippen LogP contribution is 2.37. The van der Waals surface area contributed by atoms with Gasteiger partial charge in [-0.05, 0) is 60.2 Å². The van der Waals surface area contributed by atoms with Gasteiger partial charge in [-0.25, -0.2) is 4.98 Å². The second-order valence-corrected chi connectivity index (χ2v) is 8.81. The zero-order chi connectivity index (χ0) is 19.8. The summed E-state index contributed by atoms with van der Waals surface area (Å²) in [5.41, 5.74) is 4.90. The maximum absolute atomic E-state index is 13.0. The zero-order valence-corrected chi connectivity index (χ0v) is 17.0. The third kappa shape index (κ3) is 3.52. The Bertz CT molecular complexity index is 1120. The monoisotopic (exact) mass is 402 g/mol. The van der Waals surface area contributed by atoms with Crippen molar-refractivity contribution in [3.8, 4) is 6.07 Å². The Morgan fingerprint density at radius 1 is 1.24 bits per heavy atom. The number of anilines is 1. The first-order chi connectivity index (χ1) is 14.2. The minimum atomic E-state index is 0.186. The Kier molecular flexibility index (Phi) is 4.78. The van der Waals surface area contributed by atoms with Crippen LogP contribution < -0.4 is 10.2 Å². The maximum atomic E-state index is 13.0. The van der Waals surface area contributed by atoms with Crippen molar-refractivity contribution in [2.24, 2.45) is 0 Å². The Labute approximate surface area is 174 Å². The van der Waals surface area contributed by atoms with Crippen molar-refractivity contribution in [3.05, 3.63) is 58.7 Å². The van der Waals surface area contributed by atoms with Gasteiger partial charge in [0.25, 0.3) is 0 Å². The lowest BCUT2D eigenvalue weighted by Crippen LogP contribution is -2.43. The van der Waals surface area contributed by atoms with E-state index in [2.05, 4.69) is 16.3 Å². The molecule has 29 heavy (non-hydrogen) atoms. The summed E-state index contributed by atoms with van der Waals surface area (Å²) in [6.45, 7) is 3.91. The smallest absolute Gasteiger partial charge is 0.186 e. The van der Waals surface area contributed by atoms with E-state index in [1.165, 1.54) is 11.1 Å². The molecule has 1 aromatic heterocycles. The predicted octanol–water partition coefficient (Wildman–Crippen LogP) is 3.88. The normalized spacial score (nSPS) is 18.6. The number of nitrogens with zero attached hydrogens (tertiary/aromatic N) is 3. The van der Waals surface area contributed by atoms with E-state index in [1.807, 2.05) is 36.4 Å². The number of ketones is 1. The molecular weight excluding hydrogens is 380 g/mol. The number of nitriles is 1. The topological polar surface area (TPSA) is 69.0 Å². The van der Waals surface area contributed by atoms with Crippen molar-refractivity contribution in [1.29, 1.82) is 5.26 Å². The maximum Gasteiger partial charge on any atom is 0.186 e. The van der Waals surface area contributed by atoms with Gasteiger partial charge in [0.05, 0.1) is 21.8 Å². The molecule has 2 heterocycles. The Morgan fingerprint density at radius 2 is 2.10 bits per heavy atom. The molecule has 0 saturated carbocycles. The number of piperazine rings is 1. The minimum Gasteiger partial charge on any atom is -0.346 e. The quantitative estimate of drug-likeness (QED) is 0.671. The lowest BCUT2D eigenvalue weighted by Gasteiger charge is -2.26. The van der Waals surface area contributed by atoms with Gasteiger partial charge in [0.2, 0.25) is 0 Å². The first-order valence-corrected chi connectivity index (χ1v) is 11.0. The Balaban J connectivity index is 1.35. The van der Waals surface area contributed by atoms with Gasteiger partial charge in [0.1, 0.15) is 0 Å². The summed E-state index contributed by atoms with van der Waals surface area (Å²) >= 11 is 1.67. The number of rotatable bonds is 4. The van der Waals surface area contributed by atoms with Gasteiger partial charge in [-0.1, -0.05) is 17.4 Å². The van der Waals surface area contributed by atoms with Crippen LogP contribution in [0.5, 0.6) is 0 Å². The summed E-state index contributed by atoms with van der Waals surface area (Å²) in [6.07, 6.45) is 2.45. The van der Waals surface area contributed by atoms with Crippen LogP contribution in [0.15, 0.2) is 36.4 Å². The molecule has 2 aromatic carbocycles. The number of carbonyl (C=O) groups is 1. The summed E-state index contributed by atoms with van der Waals surface area (Å²) in [7, 11) is 0. The molecule has 1 aliphatic heterocycles. The molecule has 2 aliphatic rings. The van der Waals surface area contributed by atoms with Crippen LogP contribution in [0.25, 0.3) is 10.2 Å².